The van der Waals surface area contributed by atoms with Crippen LogP contribution in [0.3, 0.4) is 0 Å². The molecule has 0 aliphatic heterocycles. The quantitative estimate of drug-likeness (QED) is 0.698. The van der Waals surface area contributed by atoms with Gasteiger partial charge in [-0.15, -0.1) is 0 Å². The SMILES string of the molecule is COC(=O)c1cncc(Oc2cc(NC3Cc4ccccc4C3)ncn2)c1. The van der Waals surface area contributed by atoms with Crippen molar-refractivity contribution in [3.8, 4) is 11.6 Å². The number of aromatic nitrogens is 3. The van der Waals surface area contributed by atoms with E-state index < -0.39 is 5.97 Å². The first kappa shape index (κ1) is 17.0. The van der Waals surface area contributed by atoms with Crippen LogP contribution in [-0.2, 0) is 17.6 Å². The lowest BCUT2D eigenvalue weighted by molar-refractivity contribution is 0.0600. The molecule has 2 aromatic heterocycles. The summed E-state index contributed by atoms with van der Waals surface area (Å²) in [6, 6.07) is 12.0. The van der Waals surface area contributed by atoms with Gasteiger partial charge in [-0.2, -0.15) is 0 Å². The van der Waals surface area contributed by atoms with E-state index in [4.69, 9.17) is 9.47 Å². The Labute approximate surface area is 156 Å². The number of carbonyl (C=O) groups excluding carboxylic acids is 1. The number of esters is 1. The van der Waals surface area contributed by atoms with E-state index in [1.165, 1.54) is 37.0 Å². The average Bonchev–Trinajstić information content (AvgIpc) is 3.10. The number of hydrogen-bond acceptors (Lipinski definition) is 7. The smallest absolute Gasteiger partial charge is 0.339 e. The summed E-state index contributed by atoms with van der Waals surface area (Å²) in [5.41, 5.74) is 3.04. The van der Waals surface area contributed by atoms with Crippen LogP contribution < -0.4 is 10.1 Å². The van der Waals surface area contributed by atoms with Gasteiger partial charge in [-0.1, -0.05) is 24.3 Å². The number of methoxy groups -OCH3 is 1. The molecule has 0 amide bonds. The van der Waals surface area contributed by atoms with Gasteiger partial charge in [-0.3, -0.25) is 4.98 Å². The van der Waals surface area contributed by atoms with Gasteiger partial charge in [0.05, 0.1) is 18.9 Å². The monoisotopic (exact) mass is 362 g/mol. The first-order valence-electron chi connectivity index (χ1n) is 8.58. The normalized spacial score (nSPS) is 13.1. The molecule has 0 unspecified atom stereocenters. The van der Waals surface area contributed by atoms with Gasteiger partial charge < -0.3 is 14.8 Å². The third kappa shape index (κ3) is 3.87. The van der Waals surface area contributed by atoms with E-state index in [0.717, 1.165) is 12.8 Å². The summed E-state index contributed by atoms with van der Waals surface area (Å²) >= 11 is 0. The van der Waals surface area contributed by atoms with Gasteiger partial charge in [0.15, 0.2) is 0 Å². The summed E-state index contributed by atoms with van der Waals surface area (Å²) in [5, 5.41) is 3.43. The predicted octanol–water partition coefficient (Wildman–Crippen LogP) is 3.03. The summed E-state index contributed by atoms with van der Waals surface area (Å²) in [7, 11) is 1.32. The van der Waals surface area contributed by atoms with E-state index in [9.17, 15) is 4.79 Å². The van der Waals surface area contributed by atoms with E-state index in [-0.39, 0.29) is 6.04 Å². The van der Waals surface area contributed by atoms with Crippen LogP contribution in [0.1, 0.15) is 21.5 Å². The summed E-state index contributed by atoms with van der Waals surface area (Å²) in [6.45, 7) is 0. The van der Waals surface area contributed by atoms with E-state index in [1.807, 2.05) is 0 Å². The molecule has 136 valence electrons. The van der Waals surface area contributed by atoms with Gasteiger partial charge in [0.2, 0.25) is 5.88 Å². The predicted molar refractivity (Wildman–Crippen MR) is 98.9 cm³/mol. The molecule has 7 nitrogen and oxygen atoms in total. The Hall–Kier alpha value is -3.48. The maximum absolute atomic E-state index is 11.6. The molecule has 1 aliphatic rings. The highest BCUT2D eigenvalue weighted by atomic mass is 16.5. The van der Waals surface area contributed by atoms with Gasteiger partial charge in [0, 0.05) is 18.3 Å². The van der Waals surface area contributed by atoms with E-state index >= 15 is 0 Å². The third-order valence-corrected chi connectivity index (χ3v) is 4.40. The standard InChI is InChI=1S/C20H18N4O3/c1-26-20(25)15-8-17(11-21-10-15)27-19-9-18(22-12-23-19)24-16-6-13-4-2-3-5-14(13)7-16/h2-5,8-12,16H,6-7H2,1H3,(H,22,23,24). The Bertz CT molecular complexity index is 952. The Balaban J connectivity index is 1.45. The average molecular weight is 362 g/mol. The summed E-state index contributed by atoms with van der Waals surface area (Å²) in [6.07, 6.45) is 6.29. The van der Waals surface area contributed by atoms with E-state index in [1.54, 1.807) is 12.1 Å². The zero-order valence-electron chi connectivity index (χ0n) is 14.8. The molecule has 0 bridgehead atoms. The number of ether oxygens (including phenoxy) is 2. The minimum Gasteiger partial charge on any atom is -0.465 e. The molecule has 0 radical (unpaired) electrons. The second kappa shape index (κ2) is 7.41. The van der Waals surface area contributed by atoms with Crippen molar-refractivity contribution >= 4 is 11.8 Å². The topological polar surface area (TPSA) is 86.2 Å². The van der Waals surface area contributed by atoms with Crippen LogP contribution in [0.2, 0.25) is 0 Å². The highest BCUT2D eigenvalue weighted by molar-refractivity contribution is 5.89. The fourth-order valence-corrected chi connectivity index (χ4v) is 3.17. The summed E-state index contributed by atoms with van der Waals surface area (Å²) < 4.78 is 10.4. The molecule has 4 rings (SSSR count). The molecule has 0 fully saturated rings. The van der Waals surface area contributed by atoms with Gasteiger partial charge in [-0.05, 0) is 30.0 Å². The molecule has 0 atom stereocenters. The maximum atomic E-state index is 11.6. The highest BCUT2D eigenvalue weighted by Gasteiger charge is 2.21. The van der Waals surface area contributed by atoms with Crippen molar-refractivity contribution in [1.29, 1.82) is 0 Å². The molecule has 0 saturated carbocycles. The fraction of sp³-hybridized carbons (Fsp3) is 0.200. The molecule has 1 aliphatic carbocycles. The van der Waals surface area contributed by atoms with Gasteiger partial charge in [-0.25, -0.2) is 14.8 Å². The van der Waals surface area contributed by atoms with Crippen molar-refractivity contribution in [2.45, 2.75) is 18.9 Å². The lowest BCUT2D eigenvalue weighted by Crippen LogP contribution is -2.20. The van der Waals surface area contributed by atoms with Crippen molar-refractivity contribution < 1.29 is 14.3 Å². The van der Waals surface area contributed by atoms with Crippen molar-refractivity contribution in [1.82, 2.24) is 15.0 Å². The molecule has 1 aromatic carbocycles. The first-order chi connectivity index (χ1) is 13.2. The fourth-order valence-electron chi connectivity index (χ4n) is 3.17. The van der Waals surface area contributed by atoms with Crippen LogP contribution in [0, 0.1) is 0 Å². The van der Waals surface area contributed by atoms with Crippen LogP contribution in [0.15, 0.2) is 55.1 Å². The van der Waals surface area contributed by atoms with E-state index in [2.05, 4.69) is 44.5 Å². The Morgan fingerprint density at radius 1 is 1.11 bits per heavy atom. The lowest BCUT2D eigenvalue weighted by atomic mass is 10.1. The highest BCUT2D eigenvalue weighted by Crippen LogP contribution is 2.25. The number of anilines is 1. The molecule has 27 heavy (non-hydrogen) atoms. The Morgan fingerprint density at radius 3 is 2.63 bits per heavy atom. The Morgan fingerprint density at radius 2 is 1.89 bits per heavy atom. The number of carbonyl (C=O) groups is 1. The number of rotatable bonds is 5. The van der Waals surface area contributed by atoms with Gasteiger partial charge in [0.1, 0.15) is 17.9 Å². The minimum atomic E-state index is -0.473. The molecular weight excluding hydrogens is 344 g/mol. The minimum absolute atomic E-state index is 0.287. The molecule has 1 N–H and O–H groups in total. The third-order valence-electron chi connectivity index (χ3n) is 4.40. The van der Waals surface area contributed by atoms with Crippen molar-refractivity contribution in [2.75, 3.05) is 12.4 Å². The molecule has 7 heteroatoms. The molecular formula is C20H18N4O3. The van der Waals surface area contributed by atoms with Crippen LogP contribution >= 0.6 is 0 Å². The number of nitrogens with zero attached hydrogens (tertiary/aromatic N) is 3. The molecule has 3 aromatic rings. The van der Waals surface area contributed by atoms with Crippen molar-refractivity contribution in [2.24, 2.45) is 0 Å². The van der Waals surface area contributed by atoms with Crippen LogP contribution in [0.5, 0.6) is 11.6 Å². The second-order valence-corrected chi connectivity index (χ2v) is 6.26. The van der Waals surface area contributed by atoms with E-state index in [0.29, 0.717) is 23.0 Å². The maximum Gasteiger partial charge on any atom is 0.339 e. The summed E-state index contributed by atoms with van der Waals surface area (Å²) in [5.74, 6) is 0.983. The van der Waals surface area contributed by atoms with Crippen LogP contribution in [0.4, 0.5) is 5.82 Å². The molecule has 0 spiro atoms. The zero-order valence-corrected chi connectivity index (χ0v) is 14.8. The van der Waals surface area contributed by atoms with Crippen molar-refractivity contribution in [3.05, 3.63) is 71.8 Å². The number of hydrogen-bond donors (Lipinski definition) is 1. The van der Waals surface area contributed by atoms with Crippen LogP contribution in [-0.4, -0.2) is 34.1 Å². The number of benzene rings is 1. The number of pyridine rings is 1. The first-order valence-corrected chi connectivity index (χ1v) is 8.58. The lowest BCUT2D eigenvalue weighted by Gasteiger charge is -2.13. The van der Waals surface area contributed by atoms with Gasteiger partial charge in [0.25, 0.3) is 0 Å². The van der Waals surface area contributed by atoms with Crippen molar-refractivity contribution in [3.63, 3.8) is 0 Å². The number of fused-ring (bicyclic) bond motifs is 1. The van der Waals surface area contributed by atoms with Crippen LogP contribution in [0.25, 0.3) is 0 Å². The largest absolute Gasteiger partial charge is 0.465 e. The zero-order chi connectivity index (χ0) is 18.6. The number of nitrogens with one attached hydrogen (secondary N) is 1. The Kier molecular flexibility index (Phi) is 4.65. The second-order valence-electron chi connectivity index (χ2n) is 6.26. The molecule has 0 saturated heterocycles. The molecule has 2 heterocycles. The summed E-state index contributed by atoms with van der Waals surface area (Å²) in [4.78, 5) is 24.0. The van der Waals surface area contributed by atoms with Gasteiger partial charge >= 0.3 is 5.97 Å².